The molecule has 6 nitrogen and oxygen atoms in total. The van der Waals surface area contributed by atoms with Crippen LogP contribution >= 0.6 is 0 Å². The molecule has 6 heteroatoms. The van der Waals surface area contributed by atoms with Crippen molar-refractivity contribution in [1.82, 2.24) is 10.6 Å². The van der Waals surface area contributed by atoms with Gasteiger partial charge in [0.25, 0.3) is 0 Å². The van der Waals surface area contributed by atoms with Crippen LogP contribution in [0.15, 0.2) is 27.8 Å². The molecule has 2 heterocycles. The highest BCUT2D eigenvalue weighted by molar-refractivity contribution is 5.80. The van der Waals surface area contributed by atoms with E-state index in [1.807, 2.05) is 12.1 Å². The second-order valence-electron chi connectivity index (χ2n) is 6.70. The smallest absolute Gasteiger partial charge is 0.191 e. The fourth-order valence-corrected chi connectivity index (χ4v) is 2.39. The van der Waals surface area contributed by atoms with Crippen LogP contribution < -0.4 is 10.6 Å². The molecule has 1 aliphatic rings. The van der Waals surface area contributed by atoms with Crippen LogP contribution in [0.3, 0.4) is 0 Å². The normalized spacial score (nSPS) is 19.7. The van der Waals surface area contributed by atoms with E-state index in [9.17, 15) is 0 Å². The topological polar surface area (TPSA) is 68.0 Å². The van der Waals surface area contributed by atoms with Crippen molar-refractivity contribution in [3.63, 3.8) is 0 Å². The largest absolute Gasteiger partial charge is 0.469 e. The molecule has 0 bridgehead atoms. The zero-order chi connectivity index (χ0) is 17.2. The van der Waals surface area contributed by atoms with Crippen molar-refractivity contribution in [2.75, 3.05) is 32.9 Å². The molecule has 2 unspecified atom stereocenters. The molecule has 2 N–H and O–H groups in total. The molecule has 0 amide bonds. The van der Waals surface area contributed by atoms with Crippen molar-refractivity contribution in [3.05, 3.63) is 24.2 Å². The third-order valence-corrected chi connectivity index (χ3v) is 3.71. The number of guanidine groups is 1. The van der Waals surface area contributed by atoms with Crippen molar-refractivity contribution in [2.45, 2.75) is 45.8 Å². The van der Waals surface area contributed by atoms with Crippen LogP contribution in [0.25, 0.3) is 0 Å². The lowest BCUT2D eigenvalue weighted by Gasteiger charge is -2.20. The molecule has 2 rings (SSSR count). The first-order valence-electron chi connectivity index (χ1n) is 8.90. The SMILES string of the molecule is CC(C)CN=C(NCCc1ccco1)NC(C)COC1CCOC1. The van der Waals surface area contributed by atoms with Gasteiger partial charge >= 0.3 is 0 Å². The molecule has 1 aromatic rings. The van der Waals surface area contributed by atoms with Gasteiger partial charge in [-0.1, -0.05) is 13.8 Å². The summed E-state index contributed by atoms with van der Waals surface area (Å²) in [5.41, 5.74) is 0. The van der Waals surface area contributed by atoms with Crippen LogP contribution in [0.1, 0.15) is 33.0 Å². The maximum absolute atomic E-state index is 5.87. The van der Waals surface area contributed by atoms with Gasteiger partial charge in [-0.05, 0) is 31.4 Å². The molecule has 1 aliphatic heterocycles. The van der Waals surface area contributed by atoms with Gasteiger partial charge in [-0.2, -0.15) is 0 Å². The van der Waals surface area contributed by atoms with Gasteiger partial charge in [0, 0.05) is 32.2 Å². The Morgan fingerprint density at radius 1 is 1.42 bits per heavy atom. The van der Waals surface area contributed by atoms with Crippen molar-refractivity contribution >= 4 is 5.96 Å². The van der Waals surface area contributed by atoms with E-state index in [2.05, 4.69) is 36.4 Å². The Bertz CT molecular complexity index is 468. The Balaban J connectivity index is 1.74. The van der Waals surface area contributed by atoms with E-state index in [1.165, 1.54) is 0 Å². The molecule has 136 valence electrons. The average Bonchev–Trinajstić information content (AvgIpc) is 3.24. The van der Waals surface area contributed by atoms with Crippen LogP contribution in [0, 0.1) is 5.92 Å². The molecule has 0 aromatic carbocycles. The summed E-state index contributed by atoms with van der Waals surface area (Å²) in [6.07, 6.45) is 3.76. The van der Waals surface area contributed by atoms with Gasteiger partial charge in [0.1, 0.15) is 5.76 Å². The second-order valence-corrected chi connectivity index (χ2v) is 6.70. The van der Waals surface area contributed by atoms with E-state index < -0.39 is 0 Å². The van der Waals surface area contributed by atoms with Gasteiger partial charge in [0.15, 0.2) is 5.96 Å². The fraction of sp³-hybridized carbons (Fsp3) is 0.722. The maximum Gasteiger partial charge on any atom is 0.191 e. The first-order chi connectivity index (χ1) is 11.6. The van der Waals surface area contributed by atoms with E-state index in [0.29, 0.717) is 19.1 Å². The van der Waals surface area contributed by atoms with Gasteiger partial charge in [0.2, 0.25) is 0 Å². The number of nitrogens with zero attached hydrogens (tertiary/aromatic N) is 1. The van der Waals surface area contributed by atoms with Crippen molar-refractivity contribution < 1.29 is 13.9 Å². The number of hydrogen-bond donors (Lipinski definition) is 2. The summed E-state index contributed by atoms with van der Waals surface area (Å²) in [7, 11) is 0. The Morgan fingerprint density at radius 3 is 2.96 bits per heavy atom. The zero-order valence-corrected chi connectivity index (χ0v) is 15.1. The fourth-order valence-electron chi connectivity index (χ4n) is 2.39. The van der Waals surface area contributed by atoms with Crippen molar-refractivity contribution in [1.29, 1.82) is 0 Å². The van der Waals surface area contributed by atoms with E-state index >= 15 is 0 Å². The number of aliphatic imine (C=N–C) groups is 1. The highest BCUT2D eigenvalue weighted by atomic mass is 16.5. The second kappa shape index (κ2) is 10.4. The molecule has 1 aromatic heterocycles. The van der Waals surface area contributed by atoms with Gasteiger partial charge < -0.3 is 24.5 Å². The molecular formula is C18H31N3O3. The summed E-state index contributed by atoms with van der Waals surface area (Å²) in [6, 6.07) is 4.08. The third kappa shape index (κ3) is 7.36. The number of rotatable bonds is 9. The van der Waals surface area contributed by atoms with Crippen LogP contribution in [0.4, 0.5) is 0 Å². The van der Waals surface area contributed by atoms with Gasteiger partial charge in [-0.15, -0.1) is 0 Å². The van der Waals surface area contributed by atoms with Crippen molar-refractivity contribution in [3.8, 4) is 0 Å². The molecule has 0 aliphatic carbocycles. The monoisotopic (exact) mass is 337 g/mol. The Labute approximate surface area is 145 Å². The highest BCUT2D eigenvalue weighted by Gasteiger charge is 2.17. The number of nitrogens with one attached hydrogen (secondary N) is 2. The van der Waals surface area contributed by atoms with E-state index in [-0.39, 0.29) is 12.1 Å². The van der Waals surface area contributed by atoms with E-state index in [1.54, 1.807) is 6.26 Å². The predicted molar refractivity (Wildman–Crippen MR) is 95.3 cm³/mol. The first kappa shape index (κ1) is 18.8. The molecular weight excluding hydrogens is 306 g/mol. The quantitative estimate of drug-likeness (QED) is 0.534. The van der Waals surface area contributed by atoms with Crippen LogP contribution in [0.5, 0.6) is 0 Å². The standard InChI is InChI=1S/C18H31N3O3/c1-14(2)11-20-18(19-8-6-16-5-4-9-23-16)21-15(3)12-24-17-7-10-22-13-17/h4-5,9,14-15,17H,6-8,10-13H2,1-3H3,(H2,19,20,21). The molecule has 24 heavy (non-hydrogen) atoms. The molecule has 2 atom stereocenters. The zero-order valence-electron chi connectivity index (χ0n) is 15.1. The van der Waals surface area contributed by atoms with Crippen LogP contribution in [-0.2, 0) is 15.9 Å². The van der Waals surface area contributed by atoms with E-state index in [4.69, 9.17) is 13.9 Å². The van der Waals surface area contributed by atoms with Crippen molar-refractivity contribution in [2.24, 2.45) is 10.9 Å². The predicted octanol–water partition coefficient (Wildman–Crippen LogP) is 2.21. The lowest BCUT2D eigenvalue weighted by molar-refractivity contribution is 0.0347. The number of hydrogen-bond acceptors (Lipinski definition) is 4. The summed E-state index contributed by atoms with van der Waals surface area (Å²) in [5.74, 6) is 2.33. The summed E-state index contributed by atoms with van der Waals surface area (Å²) >= 11 is 0. The summed E-state index contributed by atoms with van der Waals surface area (Å²) < 4.78 is 16.6. The molecule has 1 saturated heterocycles. The first-order valence-corrected chi connectivity index (χ1v) is 8.90. The highest BCUT2D eigenvalue weighted by Crippen LogP contribution is 2.08. The average molecular weight is 337 g/mol. The molecule has 1 fully saturated rings. The van der Waals surface area contributed by atoms with E-state index in [0.717, 1.165) is 44.3 Å². The minimum absolute atomic E-state index is 0.188. The number of furan rings is 1. The lowest BCUT2D eigenvalue weighted by Crippen LogP contribution is -2.45. The Morgan fingerprint density at radius 2 is 2.29 bits per heavy atom. The van der Waals surface area contributed by atoms with Gasteiger partial charge in [-0.3, -0.25) is 4.99 Å². The minimum Gasteiger partial charge on any atom is -0.469 e. The maximum atomic E-state index is 5.87. The van der Waals surface area contributed by atoms with Gasteiger partial charge in [0.05, 0.1) is 25.6 Å². The van der Waals surface area contributed by atoms with Crippen LogP contribution in [0.2, 0.25) is 0 Å². The molecule has 0 radical (unpaired) electrons. The number of ether oxygens (including phenoxy) is 2. The minimum atomic E-state index is 0.188. The Hall–Kier alpha value is -1.53. The summed E-state index contributed by atoms with van der Waals surface area (Å²) in [6.45, 7) is 10.2. The summed E-state index contributed by atoms with van der Waals surface area (Å²) in [5, 5.41) is 6.79. The van der Waals surface area contributed by atoms with Crippen LogP contribution in [-0.4, -0.2) is 51.0 Å². The van der Waals surface area contributed by atoms with Gasteiger partial charge in [-0.25, -0.2) is 0 Å². The Kier molecular flexibility index (Phi) is 8.12. The lowest BCUT2D eigenvalue weighted by atomic mass is 10.2. The molecule has 0 spiro atoms. The molecule has 0 saturated carbocycles. The third-order valence-electron chi connectivity index (χ3n) is 3.71. The summed E-state index contributed by atoms with van der Waals surface area (Å²) in [4.78, 5) is 4.65.